The molecule has 1 fully saturated rings. The summed E-state index contributed by atoms with van der Waals surface area (Å²) in [5, 5.41) is 4.10. The fraction of sp³-hybridized carbons (Fsp3) is 0.407. The van der Waals surface area contributed by atoms with Gasteiger partial charge in [0, 0.05) is 25.1 Å². The van der Waals surface area contributed by atoms with Crippen molar-refractivity contribution in [2.24, 2.45) is 0 Å². The Morgan fingerprint density at radius 3 is 2.50 bits per heavy atom. The van der Waals surface area contributed by atoms with Crippen LogP contribution in [0.15, 0.2) is 40.9 Å². The summed E-state index contributed by atoms with van der Waals surface area (Å²) in [5.74, 6) is 1.63. The van der Waals surface area contributed by atoms with Crippen molar-refractivity contribution in [3.05, 3.63) is 65.1 Å². The Balaban J connectivity index is 1.58. The van der Waals surface area contributed by atoms with Crippen molar-refractivity contribution in [1.29, 1.82) is 0 Å². The lowest BCUT2D eigenvalue weighted by atomic mass is 9.92. The summed E-state index contributed by atoms with van der Waals surface area (Å²) in [6.07, 6.45) is 4.96. The van der Waals surface area contributed by atoms with Gasteiger partial charge in [0.25, 0.3) is 0 Å². The zero-order valence-corrected chi connectivity index (χ0v) is 20.1. The molecule has 7 heteroatoms. The average molecular weight is 464 g/mol. The predicted octanol–water partition coefficient (Wildman–Crippen LogP) is 6.18. The van der Waals surface area contributed by atoms with Crippen molar-refractivity contribution >= 4 is 11.0 Å². The van der Waals surface area contributed by atoms with E-state index in [4.69, 9.17) is 19.0 Å². The number of aromatic nitrogens is 3. The van der Waals surface area contributed by atoms with Crippen molar-refractivity contribution < 1.29 is 18.4 Å². The number of hydrogen-bond donors (Lipinski definition) is 0. The molecule has 0 radical (unpaired) electrons. The van der Waals surface area contributed by atoms with Crippen LogP contribution in [0.25, 0.3) is 22.2 Å². The molecule has 2 aromatic heterocycles. The van der Waals surface area contributed by atoms with Crippen LogP contribution in [0.1, 0.15) is 54.6 Å². The highest BCUT2D eigenvalue weighted by molar-refractivity contribution is 5.83. The molecule has 5 rings (SSSR count). The van der Waals surface area contributed by atoms with E-state index in [-0.39, 0.29) is 11.6 Å². The molecule has 6 nitrogen and oxygen atoms in total. The summed E-state index contributed by atoms with van der Waals surface area (Å²) < 4.78 is 32.8. The maximum Gasteiger partial charge on any atom is 0.165 e. The lowest BCUT2D eigenvalue weighted by Gasteiger charge is -2.30. The maximum atomic E-state index is 14.4. The second kappa shape index (κ2) is 9.22. The number of hydrogen-bond acceptors (Lipinski definition) is 5. The zero-order chi connectivity index (χ0) is 23.8. The van der Waals surface area contributed by atoms with Crippen LogP contribution in [0.2, 0.25) is 0 Å². The van der Waals surface area contributed by atoms with Crippen molar-refractivity contribution in [1.82, 2.24) is 14.7 Å². The standard InChI is InChI=1S/C27H30FN3O3/c1-16-27(17(2)34-30-16)19-6-11-24-23(15-19)29-26(14-18-5-12-25(33-4)22(28)13-18)31(24)20-7-9-21(32-3)10-8-20/h5-6,11-13,15,20-21H,7-10,14H2,1-4H3. The first-order valence-electron chi connectivity index (χ1n) is 11.8. The zero-order valence-electron chi connectivity index (χ0n) is 20.1. The molecule has 0 spiro atoms. The SMILES string of the molecule is COc1ccc(Cc2nc3cc(-c4c(C)noc4C)ccc3n2C2CCC(OC)CC2)cc1F. The highest BCUT2D eigenvalue weighted by Crippen LogP contribution is 2.36. The number of fused-ring (bicyclic) bond motifs is 1. The molecule has 0 unspecified atom stereocenters. The lowest BCUT2D eigenvalue weighted by Crippen LogP contribution is -2.23. The van der Waals surface area contributed by atoms with Crippen molar-refractivity contribution in [3.8, 4) is 16.9 Å². The first-order chi connectivity index (χ1) is 16.5. The summed E-state index contributed by atoms with van der Waals surface area (Å²) in [5.41, 5.74) is 5.81. The van der Waals surface area contributed by atoms with E-state index >= 15 is 0 Å². The first kappa shape index (κ1) is 22.6. The molecule has 178 valence electrons. The molecule has 0 aliphatic heterocycles. The normalized spacial score (nSPS) is 18.5. The molecule has 1 aliphatic rings. The smallest absolute Gasteiger partial charge is 0.165 e. The number of imidazole rings is 1. The van der Waals surface area contributed by atoms with Gasteiger partial charge < -0.3 is 18.6 Å². The quantitative estimate of drug-likeness (QED) is 0.342. The Morgan fingerprint density at radius 1 is 1.06 bits per heavy atom. The molecule has 0 bridgehead atoms. The van der Waals surface area contributed by atoms with Gasteiger partial charge in [-0.2, -0.15) is 0 Å². The molecule has 1 aliphatic carbocycles. The van der Waals surface area contributed by atoms with Crippen LogP contribution >= 0.6 is 0 Å². The molecule has 4 aromatic rings. The van der Waals surface area contributed by atoms with E-state index in [0.717, 1.165) is 70.7 Å². The van der Waals surface area contributed by atoms with Crippen LogP contribution in [0.3, 0.4) is 0 Å². The monoisotopic (exact) mass is 463 g/mol. The van der Waals surface area contributed by atoms with Gasteiger partial charge in [0.1, 0.15) is 11.6 Å². The Morgan fingerprint density at radius 2 is 1.85 bits per heavy atom. The van der Waals surface area contributed by atoms with E-state index in [9.17, 15) is 4.39 Å². The van der Waals surface area contributed by atoms with E-state index in [1.54, 1.807) is 19.2 Å². The van der Waals surface area contributed by atoms with E-state index in [1.807, 2.05) is 19.9 Å². The Labute approximate surface area is 198 Å². The van der Waals surface area contributed by atoms with Crippen LogP contribution in [-0.2, 0) is 11.2 Å². The van der Waals surface area contributed by atoms with Gasteiger partial charge in [-0.25, -0.2) is 9.37 Å². The molecule has 2 aromatic carbocycles. The fourth-order valence-corrected chi connectivity index (χ4v) is 5.27. The molecule has 0 saturated heterocycles. The number of methoxy groups -OCH3 is 2. The van der Waals surface area contributed by atoms with Gasteiger partial charge in [-0.15, -0.1) is 0 Å². The van der Waals surface area contributed by atoms with Gasteiger partial charge in [-0.05, 0) is 74.9 Å². The topological polar surface area (TPSA) is 62.3 Å². The molecule has 0 N–H and O–H groups in total. The minimum absolute atomic E-state index is 0.249. The van der Waals surface area contributed by atoms with Crippen LogP contribution in [0.5, 0.6) is 5.75 Å². The second-order valence-corrected chi connectivity index (χ2v) is 9.11. The van der Waals surface area contributed by atoms with Crippen LogP contribution < -0.4 is 4.74 Å². The number of rotatable bonds is 6. The number of nitrogens with zero attached hydrogens (tertiary/aromatic N) is 3. The summed E-state index contributed by atoms with van der Waals surface area (Å²) in [6, 6.07) is 11.8. The van der Waals surface area contributed by atoms with Crippen molar-refractivity contribution in [3.63, 3.8) is 0 Å². The van der Waals surface area contributed by atoms with Gasteiger partial charge >= 0.3 is 0 Å². The predicted molar refractivity (Wildman–Crippen MR) is 129 cm³/mol. The van der Waals surface area contributed by atoms with Crippen molar-refractivity contribution in [2.75, 3.05) is 14.2 Å². The third-order valence-electron chi connectivity index (χ3n) is 7.01. The summed E-state index contributed by atoms with van der Waals surface area (Å²) >= 11 is 0. The Kier molecular flexibility index (Phi) is 6.13. The van der Waals surface area contributed by atoms with Gasteiger partial charge in [0.05, 0.1) is 29.9 Å². The van der Waals surface area contributed by atoms with Crippen molar-refractivity contribution in [2.45, 2.75) is 58.1 Å². The van der Waals surface area contributed by atoms with Crippen LogP contribution in [0.4, 0.5) is 4.39 Å². The molecular weight excluding hydrogens is 433 g/mol. The van der Waals surface area contributed by atoms with Crippen LogP contribution in [0, 0.1) is 19.7 Å². The number of ether oxygens (including phenoxy) is 2. The molecule has 2 heterocycles. The second-order valence-electron chi connectivity index (χ2n) is 9.11. The highest BCUT2D eigenvalue weighted by atomic mass is 19.1. The van der Waals surface area contributed by atoms with E-state index in [0.29, 0.717) is 18.6 Å². The average Bonchev–Trinajstić information content (AvgIpc) is 3.37. The molecular formula is C27H30FN3O3. The number of benzene rings is 2. The molecule has 1 saturated carbocycles. The minimum atomic E-state index is -0.357. The third kappa shape index (κ3) is 4.09. The molecule has 34 heavy (non-hydrogen) atoms. The van der Waals surface area contributed by atoms with E-state index in [1.165, 1.54) is 7.11 Å². The Hall–Kier alpha value is -3.19. The van der Waals surface area contributed by atoms with E-state index in [2.05, 4.69) is 27.9 Å². The lowest BCUT2D eigenvalue weighted by molar-refractivity contribution is 0.0586. The fourth-order valence-electron chi connectivity index (χ4n) is 5.27. The first-order valence-corrected chi connectivity index (χ1v) is 11.8. The Bertz CT molecular complexity index is 1300. The summed E-state index contributed by atoms with van der Waals surface area (Å²) in [7, 11) is 3.27. The van der Waals surface area contributed by atoms with Gasteiger partial charge in [-0.1, -0.05) is 17.3 Å². The third-order valence-corrected chi connectivity index (χ3v) is 7.01. The summed E-state index contributed by atoms with van der Waals surface area (Å²) in [4.78, 5) is 5.05. The van der Waals surface area contributed by atoms with E-state index < -0.39 is 0 Å². The summed E-state index contributed by atoms with van der Waals surface area (Å²) in [6.45, 7) is 3.88. The van der Waals surface area contributed by atoms with Gasteiger partial charge in [0.2, 0.25) is 0 Å². The molecule has 0 atom stereocenters. The van der Waals surface area contributed by atoms with Gasteiger partial charge in [0.15, 0.2) is 11.6 Å². The van der Waals surface area contributed by atoms with Gasteiger partial charge in [-0.3, -0.25) is 0 Å². The number of halogens is 1. The maximum absolute atomic E-state index is 14.4. The number of aryl methyl sites for hydroxylation is 2. The minimum Gasteiger partial charge on any atom is -0.494 e. The van der Waals surface area contributed by atoms with Crippen LogP contribution in [-0.4, -0.2) is 35.0 Å². The highest BCUT2D eigenvalue weighted by Gasteiger charge is 2.26. The molecule has 0 amide bonds. The largest absolute Gasteiger partial charge is 0.494 e.